The van der Waals surface area contributed by atoms with E-state index in [1.54, 1.807) is 0 Å². The van der Waals surface area contributed by atoms with Gasteiger partial charge in [0.2, 0.25) is 11.8 Å². The number of hydrogen-bond acceptors (Lipinski definition) is 4. The van der Waals surface area contributed by atoms with Crippen LogP contribution in [0.5, 0.6) is 0 Å². The molecule has 168 valence electrons. The number of halogens is 1. The highest BCUT2D eigenvalue weighted by Gasteiger charge is 2.67. The van der Waals surface area contributed by atoms with E-state index in [0.29, 0.717) is 5.92 Å². The van der Waals surface area contributed by atoms with Gasteiger partial charge in [-0.05, 0) is 80.4 Å². The van der Waals surface area contributed by atoms with Gasteiger partial charge in [-0.1, -0.05) is 36.4 Å². The molecule has 0 saturated carbocycles. The number of fused-ring (bicyclic) bond motifs is 3. The predicted octanol–water partition coefficient (Wildman–Crippen LogP) is 3.03. The van der Waals surface area contributed by atoms with E-state index < -0.39 is 0 Å². The summed E-state index contributed by atoms with van der Waals surface area (Å²) < 4.78 is 0. The SMILES string of the molecule is Cc1cccc2c1CC(C1C3C(=O)NC(=O)C3C3(CCNCC3)N1c1ccccc1)C2.Cl. The molecule has 6 heteroatoms. The molecule has 2 aromatic carbocycles. The zero-order valence-corrected chi connectivity index (χ0v) is 19.2. The molecule has 6 rings (SSSR count). The van der Waals surface area contributed by atoms with E-state index in [4.69, 9.17) is 0 Å². The van der Waals surface area contributed by atoms with Gasteiger partial charge in [0.15, 0.2) is 0 Å². The van der Waals surface area contributed by atoms with Crippen LogP contribution >= 0.6 is 12.4 Å². The molecule has 2 aromatic rings. The van der Waals surface area contributed by atoms with Crippen LogP contribution in [0.4, 0.5) is 5.69 Å². The lowest BCUT2D eigenvalue weighted by molar-refractivity contribution is -0.127. The molecule has 2 amide bonds. The topological polar surface area (TPSA) is 61.4 Å². The maximum Gasteiger partial charge on any atom is 0.232 e. The van der Waals surface area contributed by atoms with Gasteiger partial charge in [-0.25, -0.2) is 0 Å². The van der Waals surface area contributed by atoms with Crippen molar-refractivity contribution < 1.29 is 9.59 Å². The lowest BCUT2D eigenvalue weighted by atomic mass is 9.73. The molecular formula is C26H30ClN3O2. The number of nitrogens with zero attached hydrogens (tertiary/aromatic N) is 1. The Morgan fingerprint density at radius 1 is 0.938 bits per heavy atom. The summed E-state index contributed by atoms with van der Waals surface area (Å²) >= 11 is 0. The largest absolute Gasteiger partial charge is 0.361 e. The molecule has 3 fully saturated rings. The lowest BCUT2D eigenvalue weighted by Crippen LogP contribution is -2.59. The van der Waals surface area contributed by atoms with Crippen molar-refractivity contribution in [1.29, 1.82) is 0 Å². The molecule has 32 heavy (non-hydrogen) atoms. The number of carbonyl (C=O) groups is 2. The normalized spacial score (nSPS) is 30.1. The van der Waals surface area contributed by atoms with Crippen LogP contribution in [0.3, 0.4) is 0 Å². The Morgan fingerprint density at radius 2 is 1.69 bits per heavy atom. The Hall–Kier alpha value is -2.37. The van der Waals surface area contributed by atoms with E-state index in [1.165, 1.54) is 16.7 Å². The van der Waals surface area contributed by atoms with Crippen LogP contribution in [0.2, 0.25) is 0 Å². The highest BCUT2D eigenvalue weighted by atomic mass is 35.5. The molecule has 0 radical (unpaired) electrons. The van der Waals surface area contributed by atoms with E-state index in [-0.39, 0.29) is 47.6 Å². The van der Waals surface area contributed by atoms with Crippen LogP contribution in [-0.4, -0.2) is 36.5 Å². The standard InChI is InChI=1S/C26H29N3O2.ClH/c1-16-6-5-7-17-14-18(15-20(16)17)23-21-22(25(31)28-24(21)30)26(10-12-27-13-11-26)29(23)19-8-3-2-4-9-19;/h2-9,18,21-23,27H,10-15H2,1H3,(H,28,30,31);1H. The highest BCUT2D eigenvalue weighted by molar-refractivity contribution is 6.07. The third-order valence-corrected chi connectivity index (χ3v) is 8.36. The van der Waals surface area contributed by atoms with Gasteiger partial charge in [-0.3, -0.25) is 14.9 Å². The van der Waals surface area contributed by atoms with E-state index in [2.05, 4.69) is 64.9 Å². The summed E-state index contributed by atoms with van der Waals surface area (Å²) in [4.78, 5) is 28.9. The molecule has 0 aromatic heterocycles. The van der Waals surface area contributed by atoms with Crippen LogP contribution in [-0.2, 0) is 22.4 Å². The molecule has 4 atom stereocenters. The fourth-order valence-corrected chi connectivity index (χ4v) is 7.17. The van der Waals surface area contributed by atoms with Crippen molar-refractivity contribution >= 4 is 29.9 Å². The van der Waals surface area contributed by atoms with Crippen LogP contribution < -0.4 is 15.5 Å². The van der Waals surface area contributed by atoms with Gasteiger partial charge >= 0.3 is 0 Å². The van der Waals surface area contributed by atoms with Gasteiger partial charge < -0.3 is 10.2 Å². The second-order valence-corrected chi connectivity index (χ2v) is 9.79. The highest BCUT2D eigenvalue weighted by Crippen LogP contribution is 2.55. The number of hydrogen-bond donors (Lipinski definition) is 2. The van der Waals surface area contributed by atoms with Gasteiger partial charge in [0.1, 0.15) is 0 Å². The summed E-state index contributed by atoms with van der Waals surface area (Å²) in [5, 5.41) is 6.20. The minimum Gasteiger partial charge on any atom is -0.361 e. The van der Waals surface area contributed by atoms with Crippen molar-refractivity contribution in [1.82, 2.24) is 10.6 Å². The average Bonchev–Trinajstić information content (AvgIpc) is 3.42. The summed E-state index contributed by atoms with van der Waals surface area (Å²) in [6.07, 6.45) is 3.73. The molecule has 3 saturated heterocycles. The summed E-state index contributed by atoms with van der Waals surface area (Å²) in [7, 11) is 0. The second kappa shape index (κ2) is 7.89. The van der Waals surface area contributed by atoms with Crippen LogP contribution in [0.15, 0.2) is 48.5 Å². The molecule has 4 aliphatic rings. The summed E-state index contributed by atoms with van der Waals surface area (Å²) in [5.41, 5.74) is 5.03. The molecular weight excluding hydrogens is 422 g/mol. The third-order valence-electron chi connectivity index (χ3n) is 8.36. The van der Waals surface area contributed by atoms with E-state index in [9.17, 15) is 9.59 Å². The number of para-hydroxylation sites is 1. The first-order chi connectivity index (χ1) is 15.1. The molecule has 4 unspecified atom stereocenters. The lowest BCUT2D eigenvalue weighted by Gasteiger charge is -2.48. The zero-order valence-electron chi connectivity index (χ0n) is 18.3. The van der Waals surface area contributed by atoms with Gasteiger partial charge in [0.05, 0.1) is 17.4 Å². The first-order valence-corrected chi connectivity index (χ1v) is 11.6. The Morgan fingerprint density at radius 3 is 2.41 bits per heavy atom. The van der Waals surface area contributed by atoms with Gasteiger partial charge in [-0.15, -0.1) is 12.4 Å². The first kappa shape index (κ1) is 21.5. The Labute approximate surface area is 195 Å². The fourth-order valence-electron chi connectivity index (χ4n) is 7.17. The molecule has 3 aliphatic heterocycles. The van der Waals surface area contributed by atoms with Crippen molar-refractivity contribution in [3.63, 3.8) is 0 Å². The predicted molar refractivity (Wildman–Crippen MR) is 127 cm³/mol. The monoisotopic (exact) mass is 451 g/mol. The van der Waals surface area contributed by atoms with Gasteiger partial charge in [-0.2, -0.15) is 0 Å². The first-order valence-electron chi connectivity index (χ1n) is 11.6. The van der Waals surface area contributed by atoms with Gasteiger partial charge in [0, 0.05) is 11.7 Å². The van der Waals surface area contributed by atoms with Crippen LogP contribution in [0.25, 0.3) is 0 Å². The number of imide groups is 1. The number of carbonyl (C=O) groups excluding carboxylic acids is 2. The molecule has 1 spiro atoms. The molecule has 0 bridgehead atoms. The van der Waals surface area contributed by atoms with Crippen LogP contribution in [0.1, 0.15) is 29.5 Å². The Kier molecular flexibility index (Phi) is 5.30. The van der Waals surface area contributed by atoms with E-state index in [0.717, 1.165) is 44.5 Å². The van der Waals surface area contributed by atoms with Crippen molar-refractivity contribution in [3.05, 3.63) is 65.2 Å². The zero-order chi connectivity index (χ0) is 21.2. The quantitative estimate of drug-likeness (QED) is 0.689. The van der Waals surface area contributed by atoms with Crippen molar-refractivity contribution in [3.8, 4) is 0 Å². The number of benzene rings is 2. The Balaban J connectivity index is 0.00000216. The molecule has 2 N–H and O–H groups in total. The number of rotatable bonds is 2. The smallest absolute Gasteiger partial charge is 0.232 e. The summed E-state index contributed by atoms with van der Waals surface area (Å²) in [6.45, 7) is 3.95. The van der Waals surface area contributed by atoms with Gasteiger partial charge in [0.25, 0.3) is 0 Å². The average molecular weight is 452 g/mol. The number of aryl methyl sites for hydroxylation is 1. The number of piperidine rings is 1. The summed E-state index contributed by atoms with van der Waals surface area (Å²) in [5.74, 6) is -0.340. The number of amides is 2. The minimum absolute atomic E-state index is 0. The number of nitrogens with one attached hydrogen (secondary N) is 2. The van der Waals surface area contributed by atoms with E-state index in [1.807, 2.05) is 6.07 Å². The molecule has 1 aliphatic carbocycles. The van der Waals surface area contributed by atoms with Crippen molar-refractivity contribution in [2.75, 3.05) is 18.0 Å². The summed E-state index contributed by atoms with van der Waals surface area (Å²) in [6, 6.07) is 17.1. The number of anilines is 1. The van der Waals surface area contributed by atoms with Crippen LogP contribution in [0, 0.1) is 24.7 Å². The minimum atomic E-state index is -0.304. The molecule has 5 nitrogen and oxygen atoms in total. The second-order valence-electron chi connectivity index (χ2n) is 9.79. The fraction of sp³-hybridized carbons (Fsp3) is 0.462. The maximum absolute atomic E-state index is 13.2. The van der Waals surface area contributed by atoms with E-state index >= 15 is 0 Å². The Bertz CT molecular complexity index is 1050. The maximum atomic E-state index is 13.2. The van der Waals surface area contributed by atoms with Crippen molar-refractivity contribution in [2.45, 2.75) is 44.2 Å². The molecule has 3 heterocycles. The van der Waals surface area contributed by atoms with Crippen molar-refractivity contribution in [2.24, 2.45) is 17.8 Å². The third kappa shape index (κ3) is 2.94.